The van der Waals surface area contributed by atoms with Gasteiger partial charge in [0.15, 0.2) is 5.82 Å². The van der Waals surface area contributed by atoms with Crippen LogP contribution in [0.25, 0.3) is 0 Å². The minimum absolute atomic E-state index is 0.199. The molecule has 1 aliphatic carbocycles. The number of carboxylic acid groups (broad SMARTS) is 1. The topological polar surface area (TPSA) is 97.1 Å². The highest BCUT2D eigenvalue weighted by Gasteiger charge is 2.48. The lowest BCUT2D eigenvalue weighted by atomic mass is 10.2. The Hall–Kier alpha value is -1.92. The molecular weight excluding hydrogens is 248 g/mol. The number of aliphatic carboxylic acids is 1. The van der Waals surface area contributed by atoms with Gasteiger partial charge in [-0.05, 0) is 19.8 Å². The Morgan fingerprint density at radius 3 is 2.89 bits per heavy atom. The van der Waals surface area contributed by atoms with Gasteiger partial charge < -0.3 is 15.0 Å². The van der Waals surface area contributed by atoms with Gasteiger partial charge in [-0.1, -0.05) is 0 Å². The highest BCUT2D eigenvalue weighted by atomic mass is 16.4. The Bertz CT molecular complexity index is 539. The number of carbonyl (C=O) groups is 2. The summed E-state index contributed by atoms with van der Waals surface area (Å²) in [4.78, 5) is 22.6. The van der Waals surface area contributed by atoms with E-state index < -0.39 is 11.9 Å². The van der Waals surface area contributed by atoms with Crippen LogP contribution in [0.2, 0.25) is 0 Å². The lowest BCUT2D eigenvalue weighted by Crippen LogP contribution is -2.30. The first-order valence-corrected chi connectivity index (χ1v) is 6.53. The Labute approximate surface area is 110 Å². The van der Waals surface area contributed by atoms with Crippen molar-refractivity contribution in [2.75, 3.05) is 0 Å². The summed E-state index contributed by atoms with van der Waals surface area (Å²) in [5.41, 5.74) is 0. The molecule has 2 aliphatic rings. The van der Waals surface area contributed by atoms with E-state index in [9.17, 15) is 9.59 Å². The van der Waals surface area contributed by atoms with Crippen LogP contribution < -0.4 is 5.32 Å². The summed E-state index contributed by atoms with van der Waals surface area (Å²) in [6.45, 7) is 2.74. The van der Waals surface area contributed by atoms with Gasteiger partial charge in [0.25, 0.3) is 0 Å². The molecule has 0 saturated heterocycles. The van der Waals surface area contributed by atoms with Crippen molar-refractivity contribution >= 4 is 11.9 Å². The van der Waals surface area contributed by atoms with Crippen LogP contribution in [0.1, 0.15) is 37.5 Å². The summed E-state index contributed by atoms with van der Waals surface area (Å²) < 4.78 is 2.03. The van der Waals surface area contributed by atoms with Crippen molar-refractivity contribution in [2.24, 2.45) is 11.8 Å². The van der Waals surface area contributed by atoms with Crippen molar-refractivity contribution in [3.63, 3.8) is 0 Å². The van der Waals surface area contributed by atoms with E-state index in [0.717, 1.165) is 31.0 Å². The molecule has 7 nitrogen and oxygen atoms in total. The highest BCUT2D eigenvalue weighted by molar-refractivity contribution is 5.89. The van der Waals surface area contributed by atoms with E-state index >= 15 is 0 Å². The van der Waals surface area contributed by atoms with E-state index in [2.05, 4.69) is 15.5 Å². The quantitative estimate of drug-likeness (QED) is 0.805. The van der Waals surface area contributed by atoms with Crippen molar-refractivity contribution in [1.82, 2.24) is 20.1 Å². The second kappa shape index (κ2) is 4.32. The van der Waals surface area contributed by atoms with Crippen molar-refractivity contribution in [1.29, 1.82) is 0 Å². The van der Waals surface area contributed by atoms with E-state index in [1.807, 2.05) is 11.5 Å². The number of aryl methyl sites for hydroxylation is 1. The van der Waals surface area contributed by atoms with Crippen LogP contribution >= 0.6 is 0 Å². The Balaban J connectivity index is 1.64. The first kappa shape index (κ1) is 12.1. The molecule has 1 aromatic heterocycles. The van der Waals surface area contributed by atoms with Gasteiger partial charge in [0.2, 0.25) is 5.91 Å². The smallest absolute Gasteiger partial charge is 0.307 e. The summed E-state index contributed by atoms with van der Waals surface area (Å²) in [5.74, 6) is -0.275. The summed E-state index contributed by atoms with van der Waals surface area (Å²) >= 11 is 0. The molecule has 0 spiro atoms. The number of hydrogen-bond donors (Lipinski definition) is 2. The predicted molar refractivity (Wildman–Crippen MR) is 64.1 cm³/mol. The molecule has 19 heavy (non-hydrogen) atoms. The number of rotatable bonds is 4. The number of fused-ring (bicyclic) bond motifs is 1. The van der Waals surface area contributed by atoms with Gasteiger partial charge in [0, 0.05) is 13.0 Å². The zero-order valence-electron chi connectivity index (χ0n) is 10.7. The zero-order chi connectivity index (χ0) is 13.6. The van der Waals surface area contributed by atoms with E-state index in [4.69, 9.17) is 5.11 Å². The molecule has 1 aromatic rings. The molecule has 0 radical (unpaired) electrons. The Morgan fingerprint density at radius 2 is 2.21 bits per heavy atom. The van der Waals surface area contributed by atoms with Gasteiger partial charge in [0.1, 0.15) is 5.82 Å². The number of carboxylic acids is 1. The maximum absolute atomic E-state index is 11.9. The maximum Gasteiger partial charge on any atom is 0.307 e. The zero-order valence-corrected chi connectivity index (χ0v) is 10.7. The molecule has 1 fully saturated rings. The van der Waals surface area contributed by atoms with Crippen LogP contribution in [0, 0.1) is 11.8 Å². The molecule has 1 unspecified atom stereocenters. The van der Waals surface area contributed by atoms with Gasteiger partial charge >= 0.3 is 5.97 Å². The average molecular weight is 264 g/mol. The third kappa shape index (κ3) is 2.09. The SMILES string of the molecule is CC(NC(=O)[C@@H]1C[C@@H]1C(=O)O)c1nnc2n1CCC2. The monoisotopic (exact) mass is 264 g/mol. The molecule has 7 heteroatoms. The molecule has 3 atom stereocenters. The number of nitrogens with zero attached hydrogens (tertiary/aromatic N) is 3. The fourth-order valence-electron chi connectivity index (χ4n) is 2.64. The minimum Gasteiger partial charge on any atom is -0.481 e. The molecule has 1 saturated carbocycles. The van der Waals surface area contributed by atoms with Gasteiger partial charge in [0.05, 0.1) is 17.9 Å². The van der Waals surface area contributed by atoms with Crippen LogP contribution in [-0.4, -0.2) is 31.7 Å². The Morgan fingerprint density at radius 1 is 1.42 bits per heavy atom. The van der Waals surface area contributed by atoms with Crippen LogP contribution in [0.3, 0.4) is 0 Å². The second-order valence-corrected chi connectivity index (χ2v) is 5.25. The van der Waals surface area contributed by atoms with Gasteiger partial charge in [-0.25, -0.2) is 0 Å². The fourth-order valence-corrected chi connectivity index (χ4v) is 2.64. The number of amides is 1. The lowest BCUT2D eigenvalue weighted by Gasteiger charge is -2.13. The van der Waals surface area contributed by atoms with Gasteiger partial charge in [-0.2, -0.15) is 0 Å². The Kier molecular flexibility index (Phi) is 2.76. The summed E-state index contributed by atoms with van der Waals surface area (Å²) in [7, 11) is 0. The number of hydrogen-bond acceptors (Lipinski definition) is 4. The number of carbonyl (C=O) groups excluding carboxylic acids is 1. The molecule has 0 bridgehead atoms. The predicted octanol–water partition coefficient (Wildman–Crippen LogP) is 0.122. The molecule has 1 amide bonds. The molecular formula is C12H16N4O3. The minimum atomic E-state index is -0.892. The fraction of sp³-hybridized carbons (Fsp3) is 0.667. The van der Waals surface area contributed by atoms with Crippen molar-refractivity contribution < 1.29 is 14.7 Å². The van der Waals surface area contributed by atoms with Crippen molar-refractivity contribution in [3.05, 3.63) is 11.6 Å². The van der Waals surface area contributed by atoms with Crippen LogP contribution in [0.4, 0.5) is 0 Å². The summed E-state index contributed by atoms with van der Waals surface area (Å²) in [6, 6.07) is -0.234. The third-order valence-corrected chi connectivity index (χ3v) is 3.83. The molecule has 3 rings (SSSR count). The van der Waals surface area contributed by atoms with E-state index in [1.54, 1.807) is 0 Å². The normalized spacial score (nSPS) is 25.7. The number of aromatic nitrogens is 3. The van der Waals surface area contributed by atoms with Crippen LogP contribution in [-0.2, 0) is 22.6 Å². The number of nitrogens with one attached hydrogen (secondary N) is 1. The third-order valence-electron chi connectivity index (χ3n) is 3.83. The van der Waals surface area contributed by atoms with E-state index in [0.29, 0.717) is 6.42 Å². The molecule has 102 valence electrons. The molecule has 0 aromatic carbocycles. The van der Waals surface area contributed by atoms with Crippen molar-refractivity contribution in [2.45, 2.75) is 38.8 Å². The summed E-state index contributed by atoms with van der Waals surface area (Å²) in [5, 5.41) is 19.8. The highest BCUT2D eigenvalue weighted by Crippen LogP contribution is 2.39. The molecule has 1 aliphatic heterocycles. The average Bonchev–Trinajstić information content (AvgIpc) is 2.86. The van der Waals surface area contributed by atoms with Crippen molar-refractivity contribution in [3.8, 4) is 0 Å². The van der Waals surface area contributed by atoms with Gasteiger partial charge in [-0.15, -0.1) is 10.2 Å². The molecule has 2 N–H and O–H groups in total. The van der Waals surface area contributed by atoms with E-state index in [-0.39, 0.29) is 17.9 Å². The first-order chi connectivity index (χ1) is 9.08. The van der Waals surface area contributed by atoms with Crippen LogP contribution in [0.15, 0.2) is 0 Å². The first-order valence-electron chi connectivity index (χ1n) is 6.53. The van der Waals surface area contributed by atoms with Gasteiger partial charge in [-0.3, -0.25) is 9.59 Å². The lowest BCUT2D eigenvalue weighted by molar-refractivity contribution is -0.140. The largest absolute Gasteiger partial charge is 0.481 e. The summed E-state index contributed by atoms with van der Waals surface area (Å²) in [6.07, 6.45) is 2.42. The second-order valence-electron chi connectivity index (χ2n) is 5.25. The standard InChI is InChI=1S/C12H16N4O3/c1-6(10-15-14-9-3-2-4-16(9)10)13-11(17)7-5-8(7)12(18)19/h6-8H,2-5H2,1H3,(H,13,17)(H,18,19)/t6?,7-,8+/m1/s1. The van der Waals surface area contributed by atoms with E-state index in [1.165, 1.54) is 0 Å². The maximum atomic E-state index is 11.9. The van der Waals surface area contributed by atoms with Crippen LogP contribution in [0.5, 0.6) is 0 Å². The molecule has 2 heterocycles.